The standard InChI is InChI=1S/C57H109NO5/c1-3-5-7-9-11-13-15-16-17-18-21-24-27-31-35-39-43-47-51-57(62)63-52-48-44-40-36-32-28-25-22-19-20-23-26-30-34-38-42-46-50-56(61)58-54(53-59)55(60)49-45-41-37-33-29-14-12-10-8-6-4-2/h13,15,17-18,54-55,59-60H,3-12,14,16,19-53H2,1-2H3,(H,58,61)/b15-13-,18-17-. The number of ether oxygens (including phenoxy) is 1. The number of aliphatic hydroxyl groups is 2. The molecule has 0 aromatic heterocycles. The largest absolute Gasteiger partial charge is 0.466 e. The van der Waals surface area contributed by atoms with Gasteiger partial charge in [-0.25, -0.2) is 0 Å². The summed E-state index contributed by atoms with van der Waals surface area (Å²) in [6, 6.07) is -0.544. The smallest absolute Gasteiger partial charge is 0.305 e. The van der Waals surface area contributed by atoms with Crippen molar-refractivity contribution < 1.29 is 24.5 Å². The minimum atomic E-state index is -0.666. The number of aliphatic hydroxyl groups excluding tert-OH is 2. The lowest BCUT2D eigenvalue weighted by Gasteiger charge is -2.22. The van der Waals surface area contributed by atoms with Gasteiger partial charge in [0.25, 0.3) is 0 Å². The molecular weight excluding hydrogens is 779 g/mol. The van der Waals surface area contributed by atoms with E-state index in [0.717, 1.165) is 51.4 Å². The Morgan fingerprint density at radius 2 is 0.794 bits per heavy atom. The van der Waals surface area contributed by atoms with E-state index in [1.54, 1.807) is 0 Å². The Bertz CT molecular complexity index is 982. The van der Waals surface area contributed by atoms with Crippen molar-refractivity contribution in [2.45, 2.75) is 315 Å². The maximum atomic E-state index is 12.4. The second-order valence-corrected chi connectivity index (χ2v) is 19.3. The number of amides is 1. The van der Waals surface area contributed by atoms with Crippen LogP contribution in [0.2, 0.25) is 0 Å². The van der Waals surface area contributed by atoms with Crippen LogP contribution in [0.4, 0.5) is 0 Å². The van der Waals surface area contributed by atoms with Gasteiger partial charge in [-0.15, -0.1) is 0 Å². The molecule has 0 saturated carbocycles. The lowest BCUT2D eigenvalue weighted by molar-refractivity contribution is -0.143. The van der Waals surface area contributed by atoms with Gasteiger partial charge in [-0.1, -0.05) is 256 Å². The number of rotatable bonds is 52. The first-order chi connectivity index (χ1) is 31.0. The van der Waals surface area contributed by atoms with Crippen LogP contribution in [0.25, 0.3) is 0 Å². The van der Waals surface area contributed by atoms with Crippen LogP contribution in [0.15, 0.2) is 24.3 Å². The van der Waals surface area contributed by atoms with E-state index in [1.807, 2.05) is 0 Å². The van der Waals surface area contributed by atoms with E-state index in [1.165, 1.54) is 218 Å². The number of carbonyl (C=O) groups is 2. The van der Waals surface area contributed by atoms with Gasteiger partial charge >= 0.3 is 5.97 Å². The number of unbranched alkanes of at least 4 members (excludes halogenated alkanes) is 37. The minimum absolute atomic E-state index is 0.00194. The van der Waals surface area contributed by atoms with Crippen molar-refractivity contribution in [1.82, 2.24) is 5.32 Å². The molecule has 6 heteroatoms. The fourth-order valence-corrected chi connectivity index (χ4v) is 8.67. The summed E-state index contributed by atoms with van der Waals surface area (Å²) in [6.07, 6.45) is 63.0. The Kier molecular flexibility index (Phi) is 51.6. The van der Waals surface area contributed by atoms with Crippen LogP contribution < -0.4 is 5.32 Å². The van der Waals surface area contributed by atoms with Gasteiger partial charge in [-0.2, -0.15) is 0 Å². The lowest BCUT2D eigenvalue weighted by Crippen LogP contribution is -2.45. The van der Waals surface area contributed by atoms with Crippen molar-refractivity contribution in [1.29, 1.82) is 0 Å². The zero-order chi connectivity index (χ0) is 45.8. The van der Waals surface area contributed by atoms with Crippen LogP contribution in [-0.2, 0) is 14.3 Å². The normalized spacial score (nSPS) is 12.8. The quantitative estimate of drug-likeness (QED) is 0.0321. The molecule has 1 amide bonds. The number of hydrogen-bond acceptors (Lipinski definition) is 5. The molecule has 0 spiro atoms. The average molecular weight is 889 g/mol. The average Bonchev–Trinajstić information content (AvgIpc) is 3.28. The first-order valence-electron chi connectivity index (χ1n) is 28.1. The summed E-state index contributed by atoms with van der Waals surface area (Å²) in [4.78, 5) is 24.5. The van der Waals surface area contributed by atoms with Crippen molar-refractivity contribution in [3.05, 3.63) is 24.3 Å². The van der Waals surface area contributed by atoms with Crippen molar-refractivity contribution in [2.24, 2.45) is 0 Å². The van der Waals surface area contributed by atoms with E-state index in [2.05, 4.69) is 43.5 Å². The Morgan fingerprint density at radius 3 is 1.22 bits per heavy atom. The van der Waals surface area contributed by atoms with Crippen LogP contribution >= 0.6 is 0 Å². The topological polar surface area (TPSA) is 95.9 Å². The maximum Gasteiger partial charge on any atom is 0.305 e. The first-order valence-corrected chi connectivity index (χ1v) is 28.1. The van der Waals surface area contributed by atoms with E-state index >= 15 is 0 Å². The zero-order valence-electron chi connectivity index (χ0n) is 42.3. The molecular formula is C57H109NO5. The van der Waals surface area contributed by atoms with Crippen LogP contribution in [0.5, 0.6) is 0 Å². The fourth-order valence-electron chi connectivity index (χ4n) is 8.67. The molecule has 0 aliphatic rings. The molecule has 0 fully saturated rings. The molecule has 0 radical (unpaired) electrons. The molecule has 0 rings (SSSR count). The number of nitrogens with one attached hydrogen (secondary N) is 1. The molecule has 2 unspecified atom stereocenters. The van der Waals surface area contributed by atoms with Crippen molar-refractivity contribution in [3.63, 3.8) is 0 Å². The number of carbonyl (C=O) groups excluding carboxylic acids is 2. The van der Waals surface area contributed by atoms with Gasteiger partial charge in [0, 0.05) is 12.8 Å². The van der Waals surface area contributed by atoms with Crippen LogP contribution in [-0.4, -0.2) is 47.4 Å². The highest BCUT2D eigenvalue weighted by Crippen LogP contribution is 2.17. The van der Waals surface area contributed by atoms with Gasteiger partial charge in [0.15, 0.2) is 0 Å². The number of hydrogen-bond donors (Lipinski definition) is 3. The highest BCUT2D eigenvalue weighted by molar-refractivity contribution is 5.76. The molecule has 6 nitrogen and oxygen atoms in total. The summed E-state index contributed by atoms with van der Waals surface area (Å²) < 4.78 is 5.48. The molecule has 2 atom stereocenters. The molecule has 0 aromatic rings. The van der Waals surface area contributed by atoms with Gasteiger partial charge < -0.3 is 20.3 Å². The second kappa shape index (κ2) is 53.0. The molecule has 372 valence electrons. The van der Waals surface area contributed by atoms with Gasteiger partial charge in [0.2, 0.25) is 5.91 Å². The van der Waals surface area contributed by atoms with E-state index in [4.69, 9.17) is 4.74 Å². The summed E-state index contributed by atoms with van der Waals surface area (Å²) >= 11 is 0. The molecule has 0 saturated heterocycles. The molecule has 0 aliphatic carbocycles. The molecule has 0 aromatic carbocycles. The fraction of sp³-hybridized carbons (Fsp3) is 0.895. The Labute approximate surface area is 392 Å². The third-order valence-corrected chi connectivity index (χ3v) is 13.0. The van der Waals surface area contributed by atoms with E-state index in [-0.39, 0.29) is 18.5 Å². The second-order valence-electron chi connectivity index (χ2n) is 19.3. The number of allylic oxidation sites excluding steroid dienone is 4. The van der Waals surface area contributed by atoms with Crippen LogP contribution in [0.1, 0.15) is 303 Å². The van der Waals surface area contributed by atoms with Crippen LogP contribution in [0.3, 0.4) is 0 Å². The molecule has 0 bridgehead atoms. The third kappa shape index (κ3) is 49.6. The summed E-state index contributed by atoms with van der Waals surface area (Å²) in [5.41, 5.74) is 0. The van der Waals surface area contributed by atoms with E-state index in [0.29, 0.717) is 25.9 Å². The Balaban J connectivity index is 3.39. The van der Waals surface area contributed by atoms with E-state index < -0.39 is 12.1 Å². The predicted octanol–water partition coefficient (Wildman–Crippen LogP) is 17.1. The van der Waals surface area contributed by atoms with Gasteiger partial charge in [0.1, 0.15) is 0 Å². The molecule has 0 heterocycles. The summed E-state index contributed by atoms with van der Waals surface area (Å²) in [7, 11) is 0. The highest BCUT2D eigenvalue weighted by atomic mass is 16.5. The first kappa shape index (κ1) is 61.3. The highest BCUT2D eigenvalue weighted by Gasteiger charge is 2.20. The molecule has 3 N–H and O–H groups in total. The van der Waals surface area contributed by atoms with E-state index in [9.17, 15) is 19.8 Å². The summed E-state index contributed by atoms with van der Waals surface area (Å²) in [6.45, 7) is 4.92. The monoisotopic (exact) mass is 888 g/mol. The minimum Gasteiger partial charge on any atom is -0.466 e. The van der Waals surface area contributed by atoms with Gasteiger partial charge in [-0.3, -0.25) is 9.59 Å². The van der Waals surface area contributed by atoms with Crippen molar-refractivity contribution in [2.75, 3.05) is 13.2 Å². The van der Waals surface area contributed by atoms with Gasteiger partial charge in [0.05, 0.1) is 25.4 Å². The summed E-state index contributed by atoms with van der Waals surface area (Å²) in [5, 5.41) is 23.2. The van der Waals surface area contributed by atoms with Gasteiger partial charge in [-0.05, 0) is 57.8 Å². The van der Waals surface area contributed by atoms with Crippen LogP contribution in [0, 0.1) is 0 Å². The lowest BCUT2D eigenvalue weighted by atomic mass is 10.0. The maximum absolute atomic E-state index is 12.4. The Morgan fingerprint density at radius 1 is 0.444 bits per heavy atom. The summed E-state index contributed by atoms with van der Waals surface area (Å²) in [5.74, 6) is -0.0431. The number of esters is 1. The predicted molar refractivity (Wildman–Crippen MR) is 273 cm³/mol. The van der Waals surface area contributed by atoms with Crippen molar-refractivity contribution in [3.8, 4) is 0 Å². The molecule has 0 aliphatic heterocycles. The third-order valence-electron chi connectivity index (χ3n) is 13.0. The zero-order valence-corrected chi connectivity index (χ0v) is 42.3. The van der Waals surface area contributed by atoms with Crippen molar-refractivity contribution >= 4 is 11.9 Å². The molecule has 63 heavy (non-hydrogen) atoms. The SMILES string of the molecule is CCCCCC/C=C\C/C=C\CCCCCCCCCC(=O)OCCCCCCCCCCCCCCCCCCCC(=O)NC(CO)C(O)CCCCCCCCCCCCC. The Hall–Kier alpha value is -1.66.